The Hall–Kier alpha value is -6.47. The summed E-state index contributed by atoms with van der Waals surface area (Å²) in [6, 6.07) is 40.0. The molecule has 226 valence electrons. The molecule has 0 saturated heterocycles. The Morgan fingerprint density at radius 1 is 0.646 bits per heavy atom. The van der Waals surface area contributed by atoms with Crippen LogP contribution in [-0.2, 0) is 0 Å². The minimum Gasteiger partial charge on any atom is -0.301 e. The van der Waals surface area contributed by atoms with Crippen molar-refractivity contribution in [2.75, 3.05) is 4.90 Å². The summed E-state index contributed by atoms with van der Waals surface area (Å²) in [6.07, 6.45) is 7.29. The van der Waals surface area contributed by atoms with Crippen molar-refractivity contribution >= 4 is 44.4 Å². The number of nitrogens with zero attached hydrogens (tertiary/aromatic N) is 6. The lowest BCUT2D eigenvalue weighted by Crippen LogP contribution is -2.29. The van der Waals surface area contributed by atoms with Gasteiger partial charge in [0.25, 0.3) is 5.56 Å². The van der Waals surface area contributed by atoms with Gasteiger partial charge in [-0.25, -0.2) is 9.97 Å². The summed E-state index contributed by atoms with van der Waals surface area (Å²) < 4.78 is 1.80. The Bertz CT molecular complexity index is 2610. The van der Waals surface area contributed by atoms with Gasteiger partial charge in [0.1, 0.15) is 5.82 Å². The highest BCUT2D eigenvalue weighted by molar-refractivity contribution is 6.21. The first-order valence-electron chi connectivity index (χ1n) is 16.1. The molecule has 5 aromatic carbocycles. The van der Waals surface area contributed by atoms with Crippen LogP contribution in [0, 0.1) is 0 Å². The van der Waals surface area contributed by atoms with E-state index < -0.39 is 0 Å². The van der Waals surface area contributed by atoms with E-state index in [1.165, 1.54) is 5.57 Å². The van der Waals surface area contributed by atoms with Crippen molar-refractivity contribution in [1.82, 2.24) is 24.3 Å². The lowest BCUT2D eigenvalue weighted by Gasteiger charge is -2.28. The van der Waals surface area contributed by atoms with Crippen LogP contribution >= 0.6 is 0 Å². The largest absolute Gasteiger partial charge is 0.301 e. The Kier molecular flexibility index (Phi) is 5.72. The summed E-state index contributed by atoms with van der Waals surface area (Å²) >= 11 is 0. The van der Waals surface area contributed by atoms with Gasteiger partial charge < -0.3 is 4.90 Å². The van der Waals surface area contributed by atoms with Crippen molar-refractivity contribution in [2.24, 2.45) is 0 Å². The molecule has 1 unspecified atom stereocenters. The van der Waals surface area contributed by atoms with Crippen LogP contribution in [0.25, 0.3) is 66.9 Å². The second kappa shape index (κ2) is 10.3. The quantitative estimate of drug-likeness (QED) is 0.184. The normalized spacial score (nSPS) is 15.3. The monoisotopic (exact) mass is 618 g/mol. The van der Waals surface area contributed by atoms with Crippen LogP contribution in [0.15, 0.2) is 144 Å². The van der Waals surface area contributed by atoms with E-state index in [1.54, 1.807) is 4.40 Å². The molecule has 0 fully saturated rings. The molecule has 1 aliphatic heterocycles. The molecule has 0 bridgehead atoms. The van der Waals surface area contributed by atoms with Gasteiger partial charge in [0, 0.05) is 33.0 Å². The van der Waals surface area contributed by atoms with Gasteiger partial charge in [-0.15, -0.1) is 0 Å². The van der Waals surface area contributed by atoms with E-state index in [9.17, 15) is 4.79 Å². The summed E-state index contributed by atoms with van der Waals surface area (Å²) in [4.78, 5) is 37.1. The van der Waals surface area contributed by atoms with E-state index in [0.717, 1.165) is 56.2 Å². The molecule has 1 aliphatic carbocycles. The maximum absolute atomic E-state index is 14.3. The second-order valence-corrected chi connectivity index (χ2v) is 12.2. The molecule has 0 saturated carbocycles. The maximum Gasteiger partial charge on any atom is 0.264 e. The van der Waals surface area contributed by atoms with Gasteiger partial charge in [-0.05, 0) is 29.5 Å². The summed E-state index contributed by atoms with van der Waals surface area (Å²) in [5.74, 6) is 2.40. The van der Waals surface area contributed by atoms with Gasteiger partial charge >= 0.3 is 0 Å². The van der Waals surface area contributed by atoms with Crippen LogP contribution in [0.5, 0.6) is 0 Å². The summed E-state index contributed by atoms with van der Waals surface area (Å²) in [5, 5.41) is 2.49. The number of hydrogen-bond acceptors (Lipinski definition) is 6. The standard InChI is InChI=1S/C41H26N6O/c48-40-30-22-11-10-21-29(30)34-35-31(24-32-36(34)47(40)39(42-32)27-18-8-3-9-19-27)28-20-12-13-23-33(28)46(35)41-44-37(25-14-4-1-5-15-25)43-38(45-41)26-16-6-2-7-17-26/h1-22,24,33H,23H2. The first kappa shape index (κ1) is 26.7. The summed E-state index contributed by atoms with van der Waals surface area (Å²) in [6.45, 7) is 0. The lowest BCUT2D eigenvalue weighted by molar-refractivity contribution is 0.799. The molecule has 3 aromatic heterocycles. The van der Waals surface area contributed by atoms with Crippen molar-refractivity contribution in [3.8, 4) is 34.2 Å². The van der Waals surface area contributed by atoms with Crippen molar-refractivity contribution in [3.05, 3.63) is 155 Å². The molecule has 1 atom stereocenters. The molecule has 7 heteroatoms. The lowest BCUT2D eigenvalue weighted by atomic mass is 9.94. The minimum absolute atomic E-state index is 0.0470. The minimum atomic E-state index is -0.0832. The topological polar surface area (TPSA) is 76.3 Å². The van der Waals surface area contributed by atoms with E-state index >= 15 is 0 Å². The predicted molar refractivity (Wildman–Crippen MR) is 191 cm³/mol. The van der Waals surface area contributed by atoms with Crippen LogP contribution < -0.4 is 10.5 Å². The number of rotatable bonds is 4. The number of fused-ring (bicyclic) bond motifs is 6. The average Bonchev–Trinajstić information content (AvgIpc) is 3.71. The highest BCUT2D eigenvalue weighted by Gasteiger charge is 2.40. The number of benzene rings is 5. The van der Waals surface area contributed by atoms with Crippen molar-refractivity contribution in [3.63, 3.8) is 0 Å². The molecule has 0 amide bonds. The van der Waals surface area contributed by atoms with Crippen LogP contribution in [0.3, 0.4) is 0 Å². The SMILES string of the molecule is O=c1c2ccccc2c2c3c(cc4nc(-c5ccccc5)n1c42)C1=CC=CCC1N3c1nc(-c2ccccc2)nc(-c2ccccc2)n1. The third kappa shape index (κ3) is 3.85. The molecule has 0 N–H and O–H groups in total. The zero-order valence-corrected chi connectivity index (χ0v) is 25.7. The third-order valence-corrected chi connectivity index (χ3v) is 9.47. The van der Waals surface area contributed by atoms with E-state index in [2.05, 4.69) is 29.2 Å². The molecule has 4 heterocycles. The molecular weight excluding hydrogens is 592 g/mol. The summed E-state index contributed by atoms with van der Waals surface area (Å²) in [5.41, 5.74) is 7.45. The smallest absolute Gasteiger partial charge is 0.264 e. The van der Waals surface area contributed by atoms with E-state index in [-0.39, 0.29) is 11.6 Å². The zero-order chi connectivity index (χ0) is 31.8. The Labute approximate surface area is 275 Å². The van der Waals surface area contributed by atoms with Gasteiger partial charge in [-0.3, -0.25) is 9.20 Å². The van der Waals surface area contributed by atoms with E-state index in [4.69, 9.17) is 19.9 Å². The molecule has 2 aliphatic rings. The third-order valence-electron chi connectivity index (χ3n) is 9.47. The van der Waals surface area contributed by atoms with E-state index in [1.807, 2.05) is 115 Å². The Morgan fingerprint density at radius 3 is 1.92 bits per heavy atom. The molecule has 8 aromatic rings. The van der Waals surface area contributed by atoms with Gasteiger partial charge in [0.05, 0.1) is 22.8 Å². The number of pyridine rings is 1. The molecule has 48 heavy (non-hydrogen) atoms. The second-order valence-electron chi connectivity index (χ2n) is 12.2. The van der Waals surface area contributed by atoms with Crippen molar-refractivity contribution in [1.29, 1.82) is 0 Å². The van der Waals surface area contributed by atoms with Gasteiger partial charge in [0.2, 0.25) is 5.95 Å². The van der Waals surface area contributed by atoms with Crippen molar-refractivity contribution < 1.29 is 0 Å². The van der Waals surface area contributed by atoms with Crippen LogP contribution in [-0.4, -0.2) is 30.4 Å². The summed E-state index contributed by atoms with van der Waals surface area (Å²) in [7, 11) is 0. The number of hydrogen-bond donors (Lipinski definition) is 0. The fourth-order valence-corrected chi connectivity index (χ4v) is 7.37. The predicted octanol–water partition coefficient (Wildman–Crippen LogP) is 8.49. The number of anilines is 2. The van der Waals surface area contributed by atoms with Gasteiger partial charge in [-0.1, -0.05) is 127 Å². The van der Waals surface area contributed by atoms with Crippen LogP contribution in [0.2, 0.25) is 0 Å². The molecule has 0 spiro atoms. The number of imidazole rings is 1. The zero-order valence-electron chi connectivity index (χ0n) is 25.7. The van der Waals surface area contributed by atoms with E-state index in [0.29, 0.717) is 28.8 Å². The Balaban J connectivity index is 1.34. The first-order valence-corrected chi connectivity index (χ1v) is 16.1. The fourth-order valence-electron chi connectivity index (χ4n) is 7.37. The van der Waals surface area contributed by atoms with Gasteiger partial charge in [-0.2, -0.15) is 9.97 Å². The maximum atomic E-state index is 14.3. The highest BCUT2D eigenvalue weighted by atomic mass is 16.1. The van der Waals surface area contributed by atoms with Gasteiger partial charge in [0.15, 0.2) is 11.6 Å². The number of aromatic nitrogens is 5. The molecule has 10 rings (SSSR count). The number of allylic oxidation sites excluding steroid dienone is 2. The average molecular weight is 619 g/mol. The molecule has 0 radical (unpaired) electrons. The fraction of sp³-hybridized carbons (Fsp3) is 0.0488. The van der Waals surface area contributed by atoms with Crippen LogP contribution in [0.4, 0.5) is 11.6 Å². The highest BCUT2D eigenvalue weighted by Crippen LogP contribution is 2.52. The van der Waals surface area contributed by atoms with Crippen LogP contribution in [0.1, 0.15) is 12.0 Å². The van der Waals surface area contributed by atoms with Crippen molar-refractivity contribution in [2.45, 2.75) is 12.5 Å². The first-order chi connectivity index (χ1) is 23.7. The molecule has 7 nitrogen and oxygen atoms in total. The Morgan fingerprint density at radius 2 is 1.25 bits per heavy atom. The molecular formula is C41H26N6O.